The van der Waals surface area contributed by atoms with Crippen molar-refractivity contribution in [2.45, 2.75) is 12.1 Å². The average molecular weight is 542 g/mol. The summed E-state index contributed by atoms with van der Waals surface area (Å²) in [6.45, 7) is 0. The number of anilines is 2. The van der Waals surface area contributed by atoms with Gasteiger partial charge < -0.3 is 5.11 Å². The van der Waals surface area contributed by atoms with Gasteiger partial charge in [0.05, 0.1) is 21.9 Å². The monoisotopic (exact) mass is 541 g/mol. The van der Waals surface area contributed by atoms with Gasteiger partial charge in [0.25, 0.3) is 11.6 Å². The number of carbonyl (C=O) groups is 3. The van der Waals surface area contributed by atoms with Crippen LogP contribution in [0.5, 0.6) is 0 Å². The number of nitro benzene ring substituents is 1. The van der Waals surface area contributed by atoms with E-state index in [-0.39, 0.29) is 16.9 Å². The van der Waals surface area contributed by atoms with Gasteiger partial charge >= 0.3 is 5.97 Å². The van der Waals surface area contributed by atoms with Crippen molar-refractivity contribution in [3.8, 4) is 10.4 Å². The largest absolute Gasteiger partial charge is 0.478 e. The molecule has 0 aliphatic carbocycles. The first-order valence-corrected chi connectivity index (χ1v) is 12.7. The van der Waals surface area contributed by atoms with Crippen molar-refractivity contribution < 1.29 is 29.3 Å². The maximum Gasteiger partial charge on any atom is 0.335 e. The van der Waals surface area contributed by atoms with Crippen LogP contribution in [0.2, 0.25) is 0 Å². The molecule has 0 saturated carbocycles. The third-order valence-electron chi connectivity index (χ3n) is 6.78. The fourth-order valence-corrected chi connectivity index (χ4v) is 6.07. The van der Waals surface area contributed by atoms with E-state index in [1.54, 1.807) is 17.2 Å². The van der Waals surface area contributed by atoms with Crippen LogP contribution < -0.4 is 9.96 Å². The molecule has 3 atom stereocenters. The molecule has 0 bridgehead atoms. The fraction of sp³-hybridized carbons (Fsp3) is 0.107. The molecule has 2 fully saturated rings. The third-order valence-corrected chi connectivity index (χ3v) is 7.98. The summed E-state index contributed by atoms with van der Waals surface area (Å²) >= 11 is 1.41. The number of amides is 2. The average Bonchev–Trinajstić information content (AvgIpc) is 3.64. The normalized spacial score (nSPS) is 20.4. The Hall–Kier alpha value is -4.87. The zero-order valence-electron chi connectivity index (χ0n) is 20.0. The number of carboxylic acids is 1. The highest BCUT2D eigenvalue weighted by molar-refractivity contribution is 7.15. The molecule has 3 aromatic carbocycles. The Morgan fingerprint density at radius 2 is 1.56 bits per heavy atom. The summed E-state index contributed by atoms with van der Waals surface area (Å²) in [7, 11) is 0. The van der Waals surface area contributed by atoms with Gasteiger partial charge in [-0.25, -0.2) is 14.8 Å². The van der Waals surface area contributed by atoms with Gasteiger partial charge in [-0.2, -0.15) is 0 Å². The number of para-hydroxylation sites is 1. The predicted molar refractivity (Wildman–Crippen MR) is 142 cm³/mol. The number of nitrogens with zero attached hydrogens (tertiary/aromatic N) is 3. The van der Waals surface area contributed by atoms with Crippen molar-refractivity contribution in [1.29, 1.82) is 0 Å². The van der Waals surface area contributed by atoms with E-state index in [1.807, 2.05) is 42.5 Å². The smallest absolute Gasteiger partial charge is 0.335 e. The van der Waals surface area contributed by atoms with E-state index in [9.17, 15) is 29.6 Å². The highest BCUT2D eigenvalue weighted by Crippen LogP contribution is 2.49. The van der Waals surface area contributed by atoms with Crippen LogP contribution in [0.4, 0.5) is 17.1 Å². The van der Waals surface area contributed by atoms with E-state index < -0.39 is 40.8 Å². The Morgan fingerprint density at radius 3 is 2.21 bits per heavy atom. The number of hydrogen-bond donors (Lipinski definition) is 1. The van der Waals surface area contributed by atoms with E-state index in [1.165, 1.54) is 47.7 Å². The van der Waals surface area contributed by atoms with Crippen molar-refractivity contribution in [1.82, 2.24) is 0 Å². The summed E-state index contributed by atoms with van der Waals surface area (Å²) < 4.78 is 0. The molecule has 2 saturated heterocycles. The lowest BCUT2D eigenvalue weighted by Crippen LogP contribution is -2.37. The Labute approximate surface area is 225 Å². The van der Waals surface area contributed by atoms with Gasteiger partial charge in [-0.3, -0.25) is 24.5 Å². The van der Waals surface area contributed by atoms with Crippen molar-refractivity contribution >= 4 is 46.2 Å². The Balaban J connectivity index is 1.37. The van der Waals surface area contributed by atoms with Crippen LogP contribution >= 0.6 is 11.3 Å². The number of rotatable bonds is 6. The first-order valence-electron chi connectivity index (χ1n) is 11.9. The number of fused-ring (bicyclic) bond motifs is 1. The third kappa shape index (κ3) is 4.13. The second-order valence-electron chi connectivity index (χ2n) is 9.03. The number of nitro groups is 1. The van der Waals surface area contributed by atoms with Crippen LogP contribution in [0.15, 0.2) is 91.0 Å². The number of carboxylic acid groups (broad SMARTS) is 1. The number of non-ortho nitro benzene ring substituents is 1. The van der Waals surface area contributed by atoms with Gasteiger partial charge in [-0.15, -0.1) is 11.3 Å². The fourth-order valence-electron chi connectivity index (χ4n) is 4.92. The maximum atomic E-state index is 13.8. The van der Waals surface area contributed by atoms with Crippen molar-refractivity contribution in [2.75, 3.05) is 9.96 Å². The number of aromatic carboxylic acids is 1. The molecule has 2 amide bonds. The van der Waals surface area contributed by atoms with E-state index >= 15 is 0 Å². The van der Waals surface area contributed by atoms with Gasteiger partial charge in [0, 0.05) is 21.9 Å². The number of hydrogen-bond acceptors (Lipinski definition) is 8. The molecule has 10 nitrogen and oxygen atoms in total. The highest BCUT2D eigenvalue weighted by Gasteiger charge is 2.60. The summed E-state index contributed by atoms with van der Waals surface area (Å²) in [5.74, 6) is -2.92. The summed E-state index contributed by atoms with van der Waals surface area (Å²) in [4.78, 5) is 57.9. The molecule has 1 aromatic heterocycles. The van der Waals surface area contributed by atoms with Gasteiger partial charge in [-0.1, -0.05) is 18.2 Å². The SMILES string of the molecule is O=C(O)c1ccc(N2C(=O)[C@@H]3[C@H](ON(c4ccccc4)[C@H]3c3ccc(-c4ccc([N+](=O)[O-])cc4)s3)C2=O)cc1. The second-order valence-corrected chi connectivity index (χ2v) is 10.1. The lowest BCUT2D eigenvalue weighted by Gasteiger charge is -2.27. The minimum atomic E-state index is -1.11. The van der Waals surface area contributed by atoms with E-state index in [2.05, 4.69) is 0 Å². The molecule has 1 N–H and O–H groups in total. The van der Waals surface area contributed by atoms with E-state index in [0.717, 1.165) is 20.2 Å². The summed E-state index contributed by atoms with van der Waals surface area (Å²) in [6.07, 6.45) is -1.06. The van der Waals surface area contributed by atoms with Crippen LogP contribution in [0.1, 0.15) is 21.3 Å². The molecule has 3 heterocycles. The molecule has 0 radical (unpaired) electrons. The summed E-state index contributed by atoms with van der Waals surface area (Å²) in [5.41, 5.74) is 1.77. The molecule has 4 aromatic rings. The molecule has 6 rings (SSSR count). The Kier molecular flexibility index (Phi) is 5.93. The lowest BCUT2D eigenvalue weighted by molar-refractivity contribution is -0.384. The van der Waals surface area contributed by atoms with Crippen LogP contribution in [-0.4, -0.2) is 33.9 Å². The Bertz CT molecular complexity index is 1600. The molecule has 11 heteroatoms. The van der Waals surface area contributed by atoms with Crippen molar-refractivity contribution in [2.24, 2.45) is 5.92 Å². The maximum absolute atomic E-state index is 13.8. The number of benzene rings is 3. The summed E-state index contributed by atoms with van der Waals surface area (Å²) in [5, 5.41) is 21.8. The second kappa shape index (κ2) is 9.46. The molecule has 0 spiro atoms. The molecular weight excluding hydrogens is 522 g/mol. The minimum absolute atomic E-state index is 0.00985. The molecule has 194 valence electrons. The Morgan fingerprint density at radius 1 is 0.872 bits per heavy atom. The van der Waals surface area contributed by atoms with E-state index in [0.29, 0.717) is 5.69 Å². The number of carbonyl (C=O) groups excluding carboxylic acids is 2. The zero-order valence-corrected chi connectivity index (χ0v) is 20.9. The minimum Gasteiger partial charge on any atom is -0.478 e. The van der Waals surface area contributed by atoms with Gasteiger partial charge in [0.1, 0.15) is 12.0 Å². The highest BCUT2D eigenvalue weighted by atomic mass is 32.1. The number of hydroxylamine groups is 1. The number of thiophene rings is 1. The molecule has 2 aliphatic rings. The van der Waals surface area contributed by atoms with Crippen LogP contribution in [0.25, 0.3) is 10.4 Å². The molecular formula is C28H19N3O7S. The molecule has 39 heavy (non-hydrogen) atoms. The molecule has 2 aliphatic heterocycles. The van der Waals surface area contributed by atoms with Crippen molar-refractivity contribution in [3.63, 3.8) is 0 Å². The number of imide groups is 1. The quantitative estimate of drug-likeness (QED) is 0.203. The standard InChI is InChI=1S/C28H19N3O7S/c32-26-23-24(22-15-14-21(39-22)16-6-12-20(13-7-16)31(36)37)30(19-4-2-1-3-5-19)38-25(23)27(33)29(26)18-10-8-17(9-11-18)28(34)35/h1-15,23-25H,(H,34,35)/t23-,24-,25-/m0/s1. The van der Waals surface area contributed by atoms with Crippen LogP contribution in [0.3, 0.4) is 0 Å². The van der Waals surface area contributed by atoms with Crippen LogP contribution in [-0.2, 0) is 14.4 Å². The van der Waals surface area contributed by atoms with Gasteiger partial charge in [0.2, 0.25) is 5.91 Å². The van der Waals surface area contributed by atoms with Gasteiger partial charge in [0.15, 0.2) is 6.10 Å². The summed E-state index contributed by atoms with van der Waals surface area (Å²) in [6, 6.07) is 24.1. The first-order chi connectivity index (χ1) is 18.8. The van der Waals surface area contributed by atoms with E-state index in [4.69, 9.17) is 4.84 Å². The topological polar surface area (TPSA) is 130 Å². The zero-order chi connectivity index (χ0) is 27.3. The van der Waals surface area contributed by atoms with Crippen molar-refractivity contribution in [3.05, 3.63) is 112 Å². The van der Waals surface area contributed by atoms with Gasteiger partial charge in [-0.05, 0) is 66.2 Å². The first kappa shape index (κ1) is 24.5. The predicted octanol–water partition coefficient (Wildman–Crippen LogP) is 5.07. The van der Waals surface area contributed by atoms with Crippen LogP contribution in [0, 0.1) is 16.0 Å². The molecule has 0 unspecified atom stereocenters. The lowest BCUT2D eigenvalue weighted by atomic mass is 9.95.